The molecule has 1 aliphatic heterocycles. The van der Waals surface area contributed by atoms with Gasteiger partial charge in [0.2, 0.25) is 0 Å². The summed E-state index contributed by atoms with van der Waals surface area (Å²) in [5.41, 5.74) is 7.89. The zero-order valence-electron chi connectivity index (χ0n) is 20.2. The highest BCUT2D eigenvalue weighted by atomic mass is 16.5. The van der Waals surface area contributed by atoms with Crippen molar-refractivity contribution in [1.82, 2.24) is 15.2 Å². The van der Waals surface area contributed by atoms with Gasteiger partial charge < -0.3 is 35.5 Å². The van der Waals surface area contributed by atoms with Crippen molar-refractivity contribution in [3.05, 3.63) is 71.4 Å². The second-order valence-corrected chi connectivity index (χ2v) is 8.16. The minimum absolute atomic E-state index is 0.110. The van der Waals surface area contributed by atoms with E-state index in [1.165, 1.54) is 14.2 Å². The first-order valence-electron chi connectivity index (χ1n) is 11.5. The molecule has 0 aliphatic carbocycles. The largest absolute Gasteiger partial charge is 0.493 e. The molecule has 0 bridgehead atoms. The number of nitrogens with two attached hydrogens (primary N) is 1. The van der Waals surface area contributed by atoms with E-state index in [4.69, 9.17) is 19.9 Å². The van der Waals surface area contributed by atoms with Crippen LogP contribution < -0.4 is 30.6 Å². The van der Waals surface area contributed by atoms with E-state index >= 15 is 0 Å². The molecule has 0 saturated carbocycles. The number of anilines is 2. The molecule has 1 aliphatic rings. The average molecular weight is 492 g/mol. The Bertz CT molecular complexity index is 1240. The normalized spacial score (nSPS) is 13.1. The third-order valence-electron chi connectivity index (χ3n) is 5.74. The summed E-state index contributed by atoms with van der Waals surface area (Å²) in [6, 6.07) is 13.5. The number of nitrogens with one attached hydrogen (secondary N) is 2. The predicted molar refractivity (Wildman–Crippen MR) is 136 cm³/mol. The number of amides is 2. The number of hydrogen-bond acceptors (Lipinski definition) is 8. The quantitative estimate of drug-likeness (QED) is 0.439. The van der Waals surface area contributed by atoms with Gasteiger partial charge in [0.05, 0.1) is 14.2 Å². The van der Waals surface area contributed by atoms with Gasteiger partial charge in [-0.15, -0.1) is 0 Å². The van der Waals surface area contributed by atoms with Gasteiger partial charge >= 0.3 is 0 Å². The van der Waals surface area contributed by atoms with Crippen molar-refractivity contribution in [2.45, 2.75) is 6.61 Å². The molecule has 0 unspecified atom stereocenters. The number of aromatic nitrogens is 1. The summed E-state index contributed by atoms with van der Waals surface area (Å²) >= 11 is 0. The number of carbonyl (C=O) groups excluding carboxylic acids is 2. The maximum absolute atomic E-state index is 13.2. The number of pyridine rings is 1. The second kappa shape index (κ2) is 11.4. The number of nitrogens with zero attached hydrogens (tertiary/aromatic N) is 2. The first kappa shape index (κ1) is 24.8. The third-order valence-corrected chi connectivity index (χ3v) is 5.74. The van der Waals surface area contributed by atoms with Crippen molar-refractivity contribution in [3.63, 3.8) is 0 Å². The maximum Gasteiger partial charge on any atom is 0.255 e. The van der Waals surface area contributed by atoms with E-state index in [0.717, 1.165) is 13.1 Å². The van der Waals surface area contributed by atoms with Crippen molar-refractivity contribution in [2.24, 2.45) is 0 Å². The lowest BCUT2D eigenvalue weighted by Crippen LogP contribution is -2.46. The van der Waals surface area contributed by atoms with E-state index in [2.05, 4.69) is 15.6 Å². The van der Waals surface area contributed by atoms with Gasteiger partial charge in [-0.2, -0.15) is 0 Å². The summed E-state index contributed by atoms with van der Waals surface area (Å²) < 4.78 is 16.4. The molecular formula is C26H29N5O5. The fraction of sp³-hybridized carbons (Fsp3) is 0.269. The Morgan fingerprint density at radius 3 is 2.50 bits per heavy atom. The van der Waals surface area contributed by atoms with Crippen LogP contribution in [0.15, 0.2) is 54.7 Å². The topological polar surface area (TPSA) is 128 Å². The van der Waals surface area contributed by atoms with Crippen LogP contribution in [-0.2, 0) is 6.61 Å². The number of carbonyl (C=O) groups is 2. The van der Waals surface area contributed by atoms with Gasteiger partial charge in [-0.1, -0.05) is 0 Å². The Labute approximate surface area is 209 Å². The zero-order chi connectivity index (χ0) is 25.5. The minimum Gasteiger partial charge on any atom is -0.493 e. The Hall–Kier alpha value is -4.31. The Morgan fingerprint density at radius 2 is 1.78 bits per heavy atom. The van der Waals surface area contributed by atoms with Crippen LogP contribution in [0.3, 0.4) is 0 Å². The molecule has 2 amide bonds. The minimum atomic E-state index is -0.355. The molecule has 3 aromatic rings. The van der Waals surface area contributed by atoms with E-state index in [1.54, 1.807) is 59.6 Å². The van der Waals surface area contributed by atoms with Crippen LogP contribution in [0, 0.1) is 0 Å². The summed E-state index contributed by atoms with van der Waals surface area (Å²) in [6.07, 6.45) is 1.58. The number of methoxy groups -OCH3 is 2. The van der Waals surface area contributed by atoms with Gasteiger partial charge in [-0.05, 0) is 54.1 Å². The number of rotatable bonds is 8. The lowest BCUT2D eigenvalue weighted by Gasteiger charge is -2.27. The fourth-order valence-electron chi connectivity index (χ4n) is 3.89. The molecule has 36 heavy (non-hydrogen) atoms. The lowest BCUT2D eigenvalue weighted by molar-refractivity contribution is 0.0735. The Kier molecular flexibility index (Phi) is 7.86. The zero-order valence-corrected chi connectivity index (χ0v) is 20.2. The van der Waals surface area contributed by atoms with E-state index < -0.39 is 0 Å². The number of hydrogen-bond donors (Lipinski definition) is 3. The second-order valence-electron chi connectivity index (χ2n) is 8.16. The molecule has 10 heteroatoms. The van der Waals surface area contributed by atoms with Crippen molar-refractivity contribution < 1.29 is 23.8 Å². The molecular weight excluding hydrogens is 462 g/mol. The Balaban J connectivity index is 1.60. The molecule has 1 fully saturated rings. The summed E-state index contributed by atoms with van der Waals surface area (Å²) in [6.45, 7) is 2.82. The van der Waals surface area contributed by atoms with Crippen LogP contribution in [0.25, 0.3) is 0 Å². The third kappa shape index (κ3) is 5.84. The molecule has 4 N–H and O–H groups in total. The van der Waals surface area contributed by atoms with Gasteiger partial charge in [0.1, 0.15) is 6.61 Å². The first-order valence-corrected chi connectivity index (χ1v) is 11.5. The molecule has 4 rings (SSSR count). The highest BCUT2D eigenvalue weighted by Gasteiger charge is 2.20. The van der Waals surface area contributed by atoms with E-state index in [0.29, 0.717) is 52.7 Å². The van der Waals surface area contributed by atoms with Crippen molar-refractivity contribution in [1.29, 1.82) is 0 Å². The molecule has 0 radical (unpaired) electrons. The van der Waals surface area contributed by atoms with Gasteiger partial charge in [0, 0.05) is 49.2 Å². The monoisotopic (exact) mass is 491 g/mol. The van der Waals surface area contributed by atoms with E-state index in [-0.39, 0.29) is 24.2 Å². The predicted octanol–water partition coefficient (Wildman–Crippen LogP) is 2.56. The molecule has 0 atom stereocenters. The standard InChI is InChI=1S/C26H29N5O5/c1-34-21-6-5-18(15-23(21)35-2)25(32)30-20-13-17(16-36-22-4-3-7-29-24(22)27)12-19(14-20)26(33)31-10-8-28-9-11-31/h3-7,12-15,28H,8-11,16H2,1-2H3,(H2,27,29)(H,30,32). The fourth-order valence-corrected chi connectivity index (χ4v) is 3.89. The summed E-state index contributed by atoms with van der Waals surface area (Å²) in [7, 11) is 3.03. The molecule has 1 aromatic heterocycles. The smallest absolute Gasteiger partial charge is 0.255 e. The number of nitrogen functional groups attached to an aromatic ring is 1. The van der Waals surface area contributed by atoms with Crippen LogP contribution in [0.5, 0.6) is 17.2 Å². The molecule has 188 valence electrons. The van der Waals surface area contributed by atoms with Gasteiger partial charge in [0.25, 0.3) is 11.8 Å². The number of benzene rings is 2. The maximum atomic E-state index is 13.2. The number of ether oxygens (including phenoxy) is 3. The first-order chi connectivity index (χ1) is 17.5. The molecule has 10 nitrogen and oxygen atoms in total. The number of piperazine rings is 1. The van der Waals surface area contributed by atoms with E-state index in [9.17, 15) is 9.59 Å². The molecule has 1 saturated heterocycles. The average Bonchev–Trinajstić information content (AvgIpc) is 2.92. The van der Waals surface area contributed by atoms with E-state index in [1.807, 2.05) is 0 Å². The van der Waals surface area contributed by atoms with Crippen molar-refractivity contribution in [2.75, 3.05) is 51.4 Å². The summed E-state index contributed by atoms with van der Waals surface area (Å²) in [4.78, 5) is 32.1. The van der Waals surface area contributed by atoms with Crippen LogP contribution >= 0.6 is 0 Å². The van der Waals surface area contributed by atoms with Gasteiger partial charge in [0.15, 0.2) is 23.1 Å². The lowest BCUT2D eigenvalue weighted by atomic mass is 10.1. The van der Waals surface area contributed by atoms with Crippen molar-refractivity contribution >= 4 is 23.3 Å². The van der Waals surface area contributed by atoms with Gasteiger partial charge in [-0.3, -0.25) is 9.59 Å². The highest BCUT2D eigenvalue weighted by molar-refractivity contribution is 6.05. The Morgan fingerprint density at radius 1 is 1.00 bits per heavy atom. The van der Waals surface area contributed by atoms with Crippen molar-refractivity contribution in [3.8, 4) is 17.2 Å². The summed E-state index contributed by atoms with van der Waals surface area (Å²) in [5, 5.41) is 6.13. The molecule has 2 aromatic carbocycles. The van der Waals surface area contributed by atoms with Gasteiger partial charge in [-0.25, -0.2) is 4.98 Å². The van der Waals surface area contributed by atoms with Crippen LogP contribution in [0.1, 0.15) is 26.3 Å². The summed E-state index contributed by atoms with van der Waals surface area (Å²) in [5.74, 6) is 1.20. The molecule has 2 heterocycles. The van der Waals surface area contributed by atoms with Crippen LogP contribution in [0.2, 0.25) is 0 Å². The SMILES string of the molecule is COc1ccc(C(=O)Nc2cc(COc3cccnc3N)cc(C(=O)N3CCNCC3)c2)cc1OC. The molecule has 0 spiro atoms. The van der Waals surface area contributed by atoms with Crippen LogP contribution in [-0.4, -0.2) is 62.1 Å². The van der Waals surface area contributed by atoms with Crippen LogP contribution in [0.4, 0.5) is 11.5 Å². The highest BCUT2D eigenvalue weighted by Crippen LogP contribution is 2.28.